The van der Waals surface area contributed by atoms with Crippen LogP contribution in [0.15, 0.2) is 42.5 Å². The molecular weight excluding hydrogens is 411 g/mol. The van der Waals surface area contributed by atoms with Crippen molar-refractivity contribution >= 4 is 17.5 Å². The van der Waals surface area contributed by atoms with Crippen LogP contribution >= 0.6 is 0 Å². The number of carbonyl (C=O) groups is 2. The Balaban J connectivity index is 1.46. The van der Waals surface area contributed by atoms with E-state index in [-0.39, 0.29) is 24.1 Å². The number of hydrogen-bond acceptors (Lipinski definition) is 4. The van der Waals surface area contributed by atoms with E-state index in [0.29, 0.717) is 37.4 Å². The number of piperazine rings is 1. The third kappa shape index (κ3) is 6.45. The first kappa shape index (κ1) is 22.6. The van der Waals surface area contributed by atoms with Gasteiger partial charge in [-0.3, -0.25) is 14.5 Å². The fraction of sp³-hybridized carbons (Fsp3) is 0.364. The van der Waals surface area contributed by atoms with Crippen LogP contribution in [0.5, 0.6) is 5.75 Å². The number of benzene rings is 2. The fourth-order valence-electron chi connectivity index (χ4n) is 3.31. The van der Waals surface area contributed by atoms with Crippen molar-refractivity contribution in [1.82, 2.24) is 9.80 Å². The Bertz CT molecular complexity index is 937. The summed E-state index contributed by atoms with van der Waals surface area (Å²) < 4.78 is 40.4. The van der Waals surface area contributed by atoms with Gasteiger partial charge in [0.15, 0.2) is 0 Å². The quantitative estimate of drug-likeness (QED) is 0.780. The van der Waals surface area contributed by atoms with Gasteiger partial charge in [-0.25, -0.2) is 0 Å². The molecule has 1 aliphatic rings. The summed E-state index contributed by atoms with van der Waals surface area (Å²) in [5, 5.41) is 2.65. The molecule has 1 N–H and O–H groups in total. The summed E-state index contributed by atoms with van der Waals surface area (Å²) in [7, 11) is 0. The molecule has 0 radical (unpaired) electrons. The van der Waals surface area contributed by atoms with E-state index in [0.717, 1.165) is 23.3 Å². The van der Waals surface area contributed by atoms with Gasteiger partial charge in [0.05, 0.1) is 6.54 Å². The van der Waals surface area contributed by atoms with Gasteiger partial charge in [0.25, 0.3) is 5.91 Å². The van der Waals surface area contributed by atoms with Gasteiger partial charge in [0, 0.05) is 37.4 Å². The van der Waals surface area contributed by atoms with Crippen molar-refractivity contribution in [2.75, 3.05) is 38.0 Å². The molecule has 0 aromatic heterocycles. The highest BCUT2D eigenvalue weighted by atomic mass is 19.4. The van der Waals surface area contributed by atoms with Gasteiger partial charge in [-0.2, -0.15) is 0 Å². The van der Waals surface area contributed by atoms with Crippen LogP contribution in [0.3, 0.4) is 0 Å². The normalized spacial score (nSPS) is 14.9. The zero-order valence-electron chi connectivity index (χ0n) is 17.3. The average Bonchev–Trinajstić information content (AvgIpc) is 2.70. The van der Waals surface area contributed by atoms with Crippen LogP contribution in [-0.4, -0.2) is 60.7 Å². The van der Waals surface area contributed by atoms with Gasteiger partial charge < -0.3 is 15.0 Å². The molecule has 6 nitrogen and oxygen atoms in total. The molecule has 0 atom stereocenters. The Morgan fingerprint density at radius 2 is 1.61 bits per heavy atom. The average molecular weight is 435 g/mol. The van der Waals surface area contributed by atoms with Gasteiger partial charge in [0.2, 0.25) is 5.91 Å². The SMILES string of the molecule is Cc1ccc(C(=O)N2CCN(CC(=O)Nc3ccc(OC(F)(F)F)cc3)CC2)cc1C. The zero-order valence-corrected chi connectivity index (χ0v) is 17.3. The lowest BCUT2D eigenvalue weighted by molar-refractivity contribution is -0.274. The van der Waals surface area contributed by atoms with Gasteiger partial charge in [-0.15, -0.1) is 13.2 Å². The Kier molecular flexibility index (Phi) is 6.84. The third-order valence-corrected chi connectivity index (χ3v) is 5.15. The molecule has 0 spiro atoms. The summed E-state index contributed by atoms with van der Waals surface area (Å²) in [6.45, 7) is 6.25. The number of aryl methyl sites for hydroxylation is 2. The standard InChI is InChI=1S/C22H24F3N3O3/c1-15-3-4-17(13-16(15)2)21(30)28-11-9-27(10-12-28)14-20(29)26-18-5-7-19(8-6-18)31-22(23,24)25/h3-8,13H,9-12,14H2,1-2H3,(H,26,29). The van der Waals surface area contributed by atoms with E-state index in [4.69, 9.17) is 0 Å². The molecule has 9 heteroatoms. The van der Waals surface area contributed by atoms with Gasteiger partial charge >= 0.3 is 6.36 Å². The number of rotatable bonds is 5. The fourth-order valence-corrected chi connectivity index (χ4v) is 3.31. The molecular formula is C22H24F3N3O3. The minimum absolute atomic E-state index is 0.0200. The molecule has 2 aromatic rings. The highest BCUT2D eigenvalue weighted by molar-refractivity contribution is 5.95. The van der Waals surface area contributed by atoms with Crippen molar-refractivity contribution in [3.63, 3.8) is 0 Å². The Hall–Kier alpha value is -3.07. The lowest BCUT2D eigenvalue weighted by Crippen LogP contribution is -2.50. The molecule has 166 valence electrons. The smallest absolute Gasteiger partial charge is 0.406 e. The molecule has 1 fully saturated rings. The summed E-state index contributed by atoms with van der Waals surface area (Å²) in [6.07, 6.45) is -4.76. The number of ether oxygens (including phenoxy) is 1. The molecule has 3 rings (SSSR count). The van der Waals surface area contributed by atoms with Crippen LogP contribution in [0.1, 0.15) is 21.5 Å². The van der Waals surface area contributed by atoms with Crippen LogP contribution in [0.4, 0.5) is 18.9 Å². The van der Waals surface area contributed by atoms with Crippen LogP contribution in [-0.2, 0) is 4.79 Å². The molecule has 1 aliphatic heterocycles. The topological polar surface area (TPSA) is 61.9 Å². The number of nitrogens with one attached hydrogen (secondary N) is 1. The van der Waals surface area contributed by atoms with Gasteiger partial charge in [-0.05, 0) is 61.4 Å². The molecule has 2 aromatic carbocycles. The molecule has 1 heterocycles. The van der Waals surface area contributed by atoms with E-state index in [2.05, 4.69) is 10.1 Å². The lowest BCUT2D eigenvalue weighted by atomic mass is 10.1. The van der Waals surface area contributed by atoms with E-state index in [1.807, 2.05) is 36.9 Å². The predicted molar refractivity (Wildman–Crippen MR) is 110 cm³/mol. The molecule has 0 bridgehead atoms. The number of nitrogens with zero attached hydrogens (tertiary/aromatic N) is 2. The van der Waals surface area contributed by atoms with Crippen molar-refractivity contribution in [3.05, 3.63) is 59.2 Å². The lowest BCUT2D eigenvalue weighted by Gasteiger charge is -2.34. The van der Waals surface area contributed by atoms with Crippen molar-refractivity contribution in [2.24, 2.45) is 0 Å². The second-order valence-corrected chi connectivity index (χ2v) is 7.49. The number of amides is 2. The number of anilines is 1. The van der Waals surface area contributed by atoms with E-state index in [9.17, 15) is 22.8 Å². The van der Waals surface area contributed by atoms with Crippen LogP contribution < -0.4 is 10.1 Å². The predicted octanol–water partition coefficient (Wildman–Crippen LogP) is 3.60. The second-order valence-electron chi connectivity index (χ2n) is 7.49. The third-order valence-electron chi connectivity index (χ3n) is 5.15. The minimum Gasteiger partial charge on any atom is -0.406 e. The summed E-state index contributed by atoms with van der Waals surface area (Å²) in [4.78, 5) is 28.7. The van der Waals surface area contributed by atoms with Crippen molar-refractivity contribution in [1.29, 1.82) is 0 Å². The number of carbonyl (C=O) groups excluding carboxylic acids is 2. The molecule has 2 amide bonds. The van der Waals surface area contributed by atoms with Crippen LogP contribution in [0.25, 0.3) is 0 Å². The first-order valence-corrected chi connectivity index (χ1v) is 9.85. The van der Waals surface area contributed by atoms with E-state index in [1.54, 1.807) is 4.90 Å². The number of halogens is 3. The minimum atomic E-state index is -4.76. The summed E-state index contributed by atoms with van der Waals surface area (Å²) in [5.41, 5.74) is 3.24. The Morgan fingerprint density at radius 1 is 0.968 bits per heavy atom. The van der Waals surface area contributed by atoms with E-state index < -0.39 is 6.36 Å². The monoisotopic (exact) mass is 435 g/mol. The first-order valence-electron chi connectivity index (χ1n) is 9.85. The summed E-state index contributed by atoms with van der Waals surface area (Å²) in [6, 6.07) is 10.6. The zero-order chi connectivity index (χ0) is 22.6. The Labute approximate surface area is 178 Å². The second kappa shape index (κ2) is 9.38. The highest BCUT2D eigenvalue weighted by Crippen LogP contribution is 2.24. The van der Waals surface area contributed by atoms with Gasteiger partial charge in [0.1, 0.15) is 5.75 Å². The maximum atomic E-state index is 12.7. The molecule has 0 saturated carbocycles. The largest absolute Gasteiger partial charge is 0.573 e. The molecule has 0 aliphatic carbocycles. The van der Waals surface area contributed by atoms with E-state index >= 15 is 0 Å². The van der Waals surface area contributed by atoms with Gasteiger partial charge in [-0.1, -0.05) is 6.07 Å². The summed E-state index contributed by atoms with van der Waals surface area (Å²) >= 11 is 0. The first-order chi connectivity index (χ1) is 14.6. The van der Waals surface area contributed by atoms with Crippen LogP contribution in [0.2, 0.25) is 0 Å². The van der Waals surface area contributed by atoms with Crippen molar-refractivity contribution in [2.45, 2.75) is 20.2 Å². The number of alkyl halides is 3. The van der Waals surface area contributed by atoms with Crippen LogP contribution in [0, 0.1) is 13.8 Å². The molecule has 31 heavy (non-hydrogen) atoms. The highest BCUT2D eigenvalue weighted by Gasteiger charge is 2.31. The molecule has 1 saturated heterocycles. The summed E-state index contributed by atoms with van der Waals surface area (Å²) in [5.74, 6) is -0.651. The Morgan fingerprint density at radius 3 is 2.19 bits per heavy atom. The number of hydrogen-bond donors (Lipinski definition) is 1. The van der Waals surface area contributed by atoms with E-state index in [1.165, 1.54) is 12.1 Å². The molecule has 0 unspecified atom stereocenters. The van der Waals surface area contributed by atoms with Crippen molar-refractivity contribution in [3.8, 4) is 5.75 Å². The maximum Gasteiger partial charge on any atom is 0.573 e. The van der Waals surface area contributed by atoms with Crippen molar-refractivity contribution < 1.29 is 27.5 Å². The maximum absolute atomic E-state index is 12.7.